The van der Waals surface area contributed by atoms with Gasteiger partial charge in [-0.2, -0.15) is 0 Å². The van der Waals surface area contributed by atoms with E-state index in [0.29, 0.717) is 35.1 Å². The van der Waals surface area contributed by atoms with Gasteiger partial charge >= 0.3 is 0 Å². The van der Waals surface area contributed by atoms with Crippen LogP contribution in [0.25, 0.3) is 0 Å². The van der Waals surface area contributed by atoms with Crippen molar-refractivity contribution in [1.29, 1.82) is 0 Å². The fourth-order valence-corrected chi connectivity index (χ4v) is 2.81. The number of amides is 2. The number of carbonyl (C=O) groups excluding carboxylic acids is 2. The maximum atomic E-state index is 12.6. The quantitative estimate of drug-likeness (QED) is 0.868. The molecule has 1 heterocycles. The van der Waals surface area contributed by atoms with E-state index in [2.05, 4.69) is 5.32 Å². The summed E-state index contributed by atoms with van der Waals surface area (Å²) in [5, 5.41) is 3.53. The summed E-state index contributed by atoms with van der Waals surface area (Å²) >= 11 is 11.8. The topological polar surface area (TPSA) is 75.4 Å². The zero-order valence-electron chi connectivity index (χ0n) is 13.2. The molecule has 1 saturated heterocycles. The van der Waals surface area contributed by atoms with E-state index < -0.39 is 11.6 Å². The highest BCUT2D eigenvalue weighted by molar-refractivity contribution is 6.42. The number of rotatable bonds is 4. The number of hydrogen-bond donors (Lipinski definition) is 2. The molecule has 1 aliphatic heterocycles. The van der Waals surface area contributed by atoms with Crippen molar-refractivity contribution < 1.29 is 9.59 Å². The highest BCUT2D eigenvalue weighted by atomic mass is 35.5. The number of carbonyl (C=O) groups is 2. The third kappa shape index (κ3) is 4.59. The minimum atomic E-state index is -0.493. The van der Waals surface area contributed by atoms with Gasteiger partial charge in [-0.05, 0) is 44.9 Å². The van der Waals surface area contributed by atoms with Gasteiger partial charge in [-0.25, -0.2) is 0 Å². The molecular formula is C16H21Cl2N3O2. The third-order valence-corrected chi connectivity index (χ3v) is 4.44. The molecule has 0 bridgehead atoms. The lowest BCUT2D eigenvalue weighted by atomic mass is 10.1. The first-order chi connectivity index (χ1) is 10.7. The van der Waals surface area contributed by atoms with E-state index in [1.807, 2.05) is 13.8 Å². The van der Waals surface area contributed by atoms with Gasteiger partial charge in [0.1, 0.15) is 6.04 Å². The van der Waals surface area contributed by atoms with Gasteiger partial charge in [0.2, 0.25) is 5.91 Å². The minimum Gasteiger partial charge on any atom is -0.352 e. The van der Waals surface area contributed by atoms with E-state index >= 15 is 0 Å². The summed E-state index contributed by atoms with van der Waals surface area (Å²) in [6.45, 7) is 4.57. The fourth-order valence-electron chi connectivity index (χ4n) is 2.51. The second-order valence-corrected chi connectivity index (χ2v) is 7.31. The maximum Gasteiger partial charge on any atom is 0.254 e. The minimum absolute atomic E-state index is 0.172. The van der Waals surface area contributed by atoms with E-state index in [0.717, 1.165) is 6.42 Å². The van der Waals surface area contributed by atoms with Crippen molar-refractivity contribution in [2.45, 2.75) is 38.3 Å². The number of hydrogen-bond acceptors (Lipinski definition) is 3. The van der Waals surface area contributed by atoms with Gasteiger partial charge in [-0.1, -0.05) is 23.2 Å². The van der Waals surface area contributed by atoms with Crippen LogP contribution in [0.4, 0.5) is 0 Å². The summed E-state index contributed by atoms with van der Waals surface area (Å²) in [6, 6.07) is 4.26. The summed E-state index contributed by atoms with van der Waals surface area (Å²) in [4.78, 5) is 26.6. The largest absolute Gasteiger partial charge is 0.352 e. The summed E-state index contributed by atoms with van der Waals surface area (Å²) in [5.41, 5.74) is 5.81. The molecule has 0 spiro atoms. The maximum absolute atomic E-state index is 12.6. The molecule has 5 nitrogen and oxygen atoms in total. The Morgan fingerprint density at radius 1 is 1.35 bits per heavy atom. The summed E-state index contributed by atoms with van der Waals surface area (Å²) in [6.07, 6.45) is 1.43. The summed E-state index contributed by atoms with van der Waals surface area (Å²) < 4.78 is 0. The Morgan fingerprint density at radius 3 is 2.65 bits per heavy atom. The van der Waals surface area contributed by atoms with Crippen molar-refractivity contribution in [3.63, 3.8) is 0 Å². The monoisotopic (exact) mass is 357 g/mol. The summed E-state index contributed by atoms with van der Waals surface area (Å²) in [5.74, 6) is -0.386. The first-order valence-electron chi connectivity index (χ1n) is 7.51. The van der Waals surface area contributed by atoms with Crippen LogP contribution < -0.4 is 11.1 Å². The van der Waals surface area contributed by atoms with E-state index in [1.165, 1.54) is 6.07 Å². The molecule has 7 heteroatoms. The second kappa shape index (κ2) is 7.07. The molecule has 1 unspecified atom stereocenters. The van der Waals surface area contributed by atoms with Crippen molar-refractivity contribution >= 4 is 35.0 Å². The standard InChI is InChI=1S/C16H21Cl2N3O2/c1-16(2,19)9-20-14(22)13-4-3-7-21(13)15(23)10-5-6-11(17)12(18)8-10/h5-6,8,13H,3-4,7,9,19H2,1-2H3,(H,20,22). The second-order valence-electron chi connectivity index (χ2n) is 6.49. The van der Waals surface area contributed by atoms with Crippen molar-refractivity contribution in [3.8, 4) is 0 Å². The van der Waals surface area contributed by atoms with Crippen LogP contribution in [0, 0.1) is 0 Å². The van der Waals surface area contributed by atoms with Crippen molar-refractivity contribution in [2.75, 3.05) is 13.1 Å². The first-order valence-corrected chi connectivity index (χ1v) is 8.27. The van der Waals surface area contributed by atoms with Gasteiger partial charge in [0, 0.05) is 24.2 Å². The molecule has 1 aromatic rings. The normalized spacial score (nSPS) is 18.1. The third-order valence-electron chi connectivity index (χ3n) is 3.70. The van der Waals surface area contributed by atoms with Crippen LogP contribution in [0.3, 0.4) is 0 Å². The smallest absolute Gasteiger partial charge is 0.254 e. The Kier molecular flexibility index (Phi) is 5.55. The Hall–Kier alpha value is -1.30. The molecule has 3 N–H and O–H groups in total. The SMILES string of the molecule is CC(C)(N)CNC(=O)C1CCCN1C(=O)c1ccc(Cl)c(Cl)c1. The van der Waals surface area contributed by atoms with Gasteiger partial charge in [0.15, 0.2) is 0 Å². The van der Waals surface area contributed by atoms with Gasteiger partial charge in [0.25, 0.3) is 5.91 Å². The number of halogens is 2. The Labute approximate surface area is 146 Å². The molecule has 0 radical (unpaired) electrons. The highest BCUT2D eigenvalue weighted by Crippen LogP contribution is 2.25. The average molecular weight is 358 g/mol. The molecule has 0 aliphatic carbocycles. The van der Waals surface area contributed by atoms with Gasteiger partial charge < -0.3 is 16.0 Å². The predicted molar refractivity (Wildman–Crippen MR) is 91.8 cm³/mol. The lowest BCUT2D eigenvalue weighted by molar-refractivity contribution is -0.125. The molecule has 1 aliphatic rings. The van der Waals surface area contributed by atoms with Crippen molar-refractivity contribution in [3.05, 3.63) is 33.8 Å². The highest BCUT2D eigenvalue weighted by Gasteiger charge is 2.34. The Bertz CT molecular complexity index is 614. The molecule has 126 valence electrons. The van der Waals surface area contributed by atoms with Gasteiger partial charge in [-0.3, -0.25) is 9.59 Å². The lowest BCUT2D eigenvalue weighted by Crippen LogP contribution is -2.51. The molecule has 0 saturated carbocycles. The van der Waals surface area contributed by atoms with Crippen LogP contribution in [-0.2, 0) is 4.79 Å². The lowest BCUT2D eigenvalue weighted by Gasteiger charge is -2.26. The Morgan fingerprint density at radius 2 is 2.04 bits per heavy atom. The van der Waals surface area contributed by atoms with Gasteiger partial charge in [-0.15, -0.1) is 0 Å². The average Bonchev–Trinajstić information content (AvgIpc) is 2.95. The number of likely N-dealkylation sites (tertiary alicyclic amines) is 1. The van der Waals surface area contributed by atoms with E-state index in [4.69, 9.17) is 28.9 Å². The molecule has 2 rings (SSSR count). The van der Waals surface area contributed by atoms with E-state index in [9.17, 15) is 9.59 Å². The molecule has 23 heavy (non-hydrogen) atoms. The van der Waals surface area contributed by atoms with Crippen LogP contribution in [-0.4, -0.2) is 41.4 Å². The number of nitrogens with two attached hydrogens (primary N) is 1. The zero-order valence-corrected chi connectivity index (χ0v) is 14.7. The molecule has 0 aromatic heterocycles. The fraction of sp³-hybridized carbons (Fsp3) is 0.500. The first kappa shape index (κ1) is 18.0. The van der Waals surface area contributed by atoms with E-state index in [1.54, 1.807) is 17.0 Å². The molecule has 2 amide bonds. The number of nitrogens with one attached hydrogen (secondary N) is 1. The summed E-state index contributed by atoms with van der Waals surface area (Å²) in [7, 11) is 0. The van der Waals surface area contributed by atoms with Crippen LogP contribution in [0.1, 0.15) is 37.0 Å². The molecule has 1 fully saturated rings. The van der Waals surface area contributed by atoms with Crippen LogP contribution in [0.5, 0.6) is 0 Å². The number of benzene rings is 1. The van der Waals surface area contributed by atoms with Crippen LogP contribution in [0.2, 0.25) is 10.0 Å². The van der Waals surface area contributed by atoms with Crippen LogP contribution in [0.15, 0.2) is 18.2 Å². The van der Waals surface area contributed by atoms with Crippen molar-refractivity contribution in [2.24, 2.45) is 5.73 Å². The number of nitrogens with zero attached hydrogens (tertiary/aromatic N) is 1. The van der Waals surface area contributed by atoms with Crippen LogP contribution >= 0.6 is 23.2 Å². The predicted octanol–water partition coefficient (Wildman–Crippen LogP) is 2.45. The van der Waals surface area contributed by atoms with Gasteiger partial charge in [0.05, 0.1) is 10.0 Å². The van der Waals surface area contributed by atoms with Crippen molar-refractivity contribution in [1.82, 2.24) is 10.2 Å². The Balaban J connectivity index is 2.09. The molecule has 1 aromatic carbocycles. The zero-order chi connectivity index (χ0) is 17.2. The molecule has 1 atom stereocenters. The van der Waals surface area contributed by atoms with E-state index in [-0.39, 0.29) is 11.8 Å². The molecular weight excluding hydrogens is 337 g/mol.